The van der Waals surface area contributed by atoms with Crippen LogP contribution < -0.4 is 0 Å². The lowest BCUT2D eigenvalue weighted by molar-refractivity contribution is -0.127. The Morgan fingerprint density at radius 2 is 2.15 bits per heavy atom. The maximum Gasteiger partial charge on any atom is 0.232 e. The molecule has 0 rings (SSSR count). The highest BCUT2D eigenvalue weighted by Gasteiger charge is 2.04. The summed E-state index contributed by atoms with van der Waals surface area (Å²) in [7, 11) is 1.77. The molecule has 0 aliphatic rings. The van der Waals surface area contributed by atoms with Crippen molar-refractivity contribution < 1.29 is 9.53 Å². The standard InChI is InChI=1S/C9H19NO2S/c1-3-4-6-12-7-5-10(2)9(11)8-13/h13H,3-8H2,1-2H3. The average molecular weight is 205 g/mol. The van der Waals surface area contributed by atoms with Crippen LogP contribution in [-0.2, 0) is 9.53 Å². The van der Waals surface area contributed by atoms with E-state index in [0.717, 1.165) is 19.4 Å². The van der Waals surface area contributed by atoms with E-state index in [1.807, 2.05) is 0 Å². The molecule has 0 aliphatic heterocycles. The minimum atomic E-state index is 0.0439. The molecule has 0 fully saturated rings. The van der Waals surface area contributed by atoms with E-state index in [2.05, 4.69) is 19.6 Å². The lowest BCUT2D eigenvalue weighted by Crippen LogP contribution is -2.31. The molecular formula is C9H19NO2S. The predicted octanol–water partition coefficient (Wildman–Crippen LogP) is 1.19. The van der Waals surface area contributed by atoms with Crippen molar-refractivity contribution in [1.82, 2.24) is 4.90 Å². The van der Waals surface area contributed by atoms with E-state index in [-0.39, 0.29) is 11.7 Å². The molecule has 0 radical (unpaired) electrons. The minimum Gasteiger partial charge on any atom is -0.380 e. The first kappa shape index (κ1) is 12.8. The van der Waals surface area contributed by atoms with Gasteiger partial charge in [0.2, 0.25) is 5.91 Å². The van der Waals surface area contributed by atoms with Crippen LogP contribution in [0.1, 0.15) is 19.8 Å². The highest BCUT2D eigenvalue weighted by atomic mass is 32.1. The first-order valence-corrected chi connectivity index (χ1v) is 5.28. The van der Waals surface area contributed by atoms with E-state index in [1.165, 1.54) is 0 Å². The summed E-state index contributed by atoms with van der Waals surface area (Å²) in [5, 5.41) is 0. The van der Waals surface area contributed by atoms with Crippen molar-refractivity contribution >= 4 is 18.5 Å². The molecule has 0 saturated heterocycles. The van der Waals surface area contributed by atoms with Crippen LogP contribution in [0.3, 0.4) is 0 Å². The number of amides is 1. The van der Waals surface area contributed by atoms with Gasteiger partial charge >= 0.3 is 0 Å². The van der Waals surface area contributed by atoms with E-state index < -0.39 is 0 Å². The summed E-state index contributed by atoms with van der Waals surface area (Å²) < 4.78 is 5.32. The number of ether oxygens (including phenoxy) is 1. The fourth-order valence-electron chi connectivity index (χ4n) is 0.795. The zero-order chi connectivity index (χ0) is 10.1. The number of hydrogen-bond acceptors (Lipinski definition) is 3. The second kappa shape index (κ2) is 8.38. The molecule has 78 valence electrons. The molecule has 0 aliphatic carbocycles. The normalized spacial score (nSPS) is 10.1. The molecule has 13 heavy (non-hydrogen) atoms. The fourth-order valence-corrected chi connectivity index (χ4v) is 1.04. The van der Waals surface area contributed by atoms with Gasteiger partial charge in [0.25, 0.3) is 0 Å². The molecule has 0 unspecified atom stereocenters. The maximum atomic E-state index is 11.0. The van der Waals surface area contributed by atoms with Crippen LogP contribution in [0.4, 0.5) is 0 Å². The van der Waals surface area contributed by atoms with Gasteiger partial charge in [0.1, 0.15) is 0 Å². The van der Waals surface area contributed by atoms with E-state index in [0.29, 0.717) is 13.2 Å². The summed E-state index contributed by atoms with van der Waals surface area (Å²) in [4.78, 5) is 12.7. The lowest BCUT2D eigenvalue weighted by atomic mass is 10.4. The second-order valence-electron chi connectivity index (χ2n) is 2.94. The lowest BCUT2D eigenvalue weighted by Gasteiger charge is -2.15. The summed E-state index contributed by atoms with van der Waals surface area (Å²) in [5.74, 6) is 0.313. The molecule has 4 heteroatoms. The Kier molecular flexibility index (Phi) is 8.24. The van der Waals surface area contributed by atoms with Crippen molar-refractivity contribution in [2.24, 2.45) is 0 Å². The number of thiol groups is 1. The van der Waals surface area contributed by atoms with Crippen molar-refractivity contribution in [3.63, 3.8) is 0 Å². The first-order chi connectivity index (χ1) is 6.22. The minimum absolute atomic E-state index is 0.0439. The third-order valence-electron chi connectivity index (χ3n) is 1.77. The number of carbonyl (C=O) groups is 1. The van der Waals surface area contributed by atoms with Gasteiger partial charge in [-0.2, -0.15) is 12.6 Å². The zero-order valence-electron chi connectivity index (χ0n) is 8.45. The molecule has 0 saturated carbocycles. The highest BCUT2D eigenvalue weighted by Crippen LogP contribution is 1.90. The van der Waals surface area contributed by atoms with Gasteiger partial charge in [0.05, 0.1) is 12.4 Å². The Hall–Kier alpha value is -0.220. The predicted molar refractivity (Wildman–Crippen MR) is 57.2 cm³/mol. The first-order valence-electron chi connectivity index (χ1n) is 4.65. The van der Waals surface area contributed by atoms with Gasteiger partial charge in [0, 0.05) is 20.2 Å². The van der Waals surface area contributed by atoms with Gasteiger partial charge in [-0.15, -0.1) is 0 Å². The Morgan fingerprint density at radius 3 is 2.69 bits per heavy atom. The molecular weight excluding hydrogens is 186 g/mol. The average Bonchev–Trinajstić information content (AvgIpc) is 2.16. The number of unbranched alkanes of at least 4 members (excludes halogenated alkanes) is 1. The van der Waals surface area contributed by atoms with Crippen molar-refractivity contribution in [2.75, 3.05) is 32.6 Å². The topological polar surface area (TPSA) is 29.5 Å². The van der Waals surface area contributed by atoms with Crippen LogP contribution in [0.5, 0.6) is 0 Å². The van der Waals surface area contributed by atoms with Crippen LogP contribution in [0.2, 0.25) is 0 Å². The molecule has 0 N–H and O–H groups in total. The largest absolute Gasteiger partial charge is 0.380 e. The van der Waals surface area contributed by atoms with Crippen LogP contribution >= 0.6 is 12.6 Å². The number of rotatable bonds is 7. The van der Waals surface area contributed by atoms with E-state index >= 15 is 0 Å². The van der Waals surface area contributed by atoms with Gasteiger partial charge in [-0.3, -0.25) is 4.79 Å². The summed E-state index contributed by atoms with van der Waals surface area (Å²) in [6, 6.07) is 0. The van der Waals surface area contributed by atoms with Crippen molar-refractivity contribution in [2.45, 2.75) is 19.8 Å². The Labute approximate surface area is 85.8 Å². The molecule has 1 amide bonds. The van der Waals surface area contributed by atoms with E-state index in [4.69, 9.17) is 4.74 Å². The number of likely N-dealkylation sites (N-methyl/N-ethyl adjacent to an activating group) is 1. The molecule has 3 nitrogen and oxygen atoms in total. The summed E-state index contributed by atoms with van der Waals surface area (Å²) >= 11 is 3.90. The van der Waals surface area contributed by atoms with Crippen LogP contribution in [0, 0.1) is 0 Å². The van der Waals surface area contributed by atoms with Gasteiger partial charge in [0.15, 0.2) is 0 Å². The monoisotopic (exact) mass is 205 g/mol. The van der Waals surface area contributed by atoms with E-state index in [1.54, 1.807) is 11.9 Å². The molecule has 0 aromatic carbocycles. The third kappa shape index (κ3) is 6.90. The van der Waals surface area contributed by atoms with Crippen LogP contribution in [0.15, 0.2) is 0 Å². The number of nitrogens with zero attached hydrogens (tertiary/aromatic N) is 1. The number of hydrogen-bond donors (Lipinski definition) is 1. The molecule has 0 atom stereocenters. The molecule has 0 aromatic heterocycles. The molecule has 0 heterocycles. The number of carbonyl (C=O) groups excluding carboxylic acids is 1. The molecule has 0 spiro atoms. The van der Waals surface area contributed by atoms with Crippen LogP contribution in [0.25, 0.3) is 0 Å². The van der Waals surface area contributed by atoms with Gasteiger partial charge < -0.3 is 9.64 Å². The highest BCUT2D eigenvalue weighted by molar-refractivity contribution is 7.81. The third-order valence-corrected chi connectivity index (χ3v) is 2.04. The summed E-state index contributed by atoms with van der Waals surface area (Å²) in [5.41, 5.74) is 0. The van der Waals surface area contributed by atoms with Crippen molar-refractivity contribution in [3.05, 3.63) is 0 Å². The zero-order valence-corrected chi connectivity index (χ0v) is 9.35. The summed E-state index contributed by atoms with van der Waals surface area (Å²) in [6.45, 7) is 4.19. The fraction of sp³-hybridized carbons (Fsp3) is 0.889. The SMILES string of the molecule is CCCCOCCN(C)C(=O)CS. The van der Waals surface area contributed by atoms with Crippen molar-refractivity contribution in [1.29, 1.82) is 0 Å². The Balaban J connectivity index is 3.26. The van der Waals surface area contributed by atoms with E-state index in [9.17, 15) is 4.79 Å². The van der Waals surface area contributed by atoms with Gasteiger partial charge in [-0.05, 0) is 6.42 Å². The van der Waals surface area contributed by atoms with Crippen molar-refractivity contribution in [3.8, 4) is 0 Å². The Morgan fingerprint density at radius 1 is 1.46 bits per heavy atom. The summed E-state index contributed by atoms with van der Waals surface area (Å²) in [6.07, 6.45) is 2.23. The Bertz CT molecular complexity index is 142. The van der Waals surface area contributed by atoms with Gasteiger partial charge in [-0.1, -0.05) is 13.3 Å². The molecule has 0 bridgehead atoms. The van der Waals surface area contributed by atoms with Crippen LogP contribution in [-0.4, -0.2) is 43.4 Å². The molecule has 0 aromatic rings. The van der Waals surface area contributed by atoms with Gasteiger partial charge in [-0.25, -0.2) is 0 Å². The maximum absolute atomic E-state index is 11.0. The quantitative estimate of drug-likeness (QED) is 0.500. The smallest absolute Gasteiger partial charge is 0.232 e. The second-order valence-corrected chi connectivity index (χ2v) is 3.26.